The first-order valence-corrected chi connectivity index (χ1v) is 7.20. The Labute approximate surface area is 101 Å². The summed E-state index contributed by atoms with van der Waals surface area (Å²) in [4.78, 5) is 0. The Morgan fingerprint density at radius 1 is 1.50 bits per heavy atom. The summed E-state index contributed by atoms with van der Waals surface area (Å²) < 4.78 is 0. The standard InChI is InChI=1S/C13H19NOS/c1-16-8-4-7-12(15)13-11-6-3-2-5-10(11)9-14-13/h2-3,5-6,12-15H,4,7-9H2,1H3. The number of thioether (sulfide) groups is 1. The van der Waals surface area contributed by atoms with E-state index in [-0.39, 0.29) is 12.1 Å². The van der Waals surface area contributed by atoms with Crippen molar-refractivity contribution >= 4 is 11.8 Å². The zero-order valence-corrected chi connectivity index (χ0v) is 10.5. The van der Waals surface area contributed by atoms with Crippen LogP contribution >= 0.6 is 11.8 Å². The molecule has 0 fully saturated rings. The van der Waals surface area contributed by atoms with E-state index in [2.05, 4.69) is 29.8 Å². The minimum Gasteiger partial charge on any atom is -0.391 e. The fourth-order valence-corrected chi connectivity index (χ4v) is 2.73. The van der Waals surface area contributed by atoms with Crippen molar-refractivity contribution in [2.75, 3.05) is 12.0 Å². The van der Waals surface area contributed by atoms with Gasteiger partial charge in [0, 0.05) is 6.54 Å². The molecule has 2 atom stereocenters. The third kappa shape index (κ3) is 2.59. The van der Waals surface area contributed by atoms with Gasteiger partial charge < -0.3 is 10.4 Å². The van der Waals surface area contributed by atoms with Crippen LogP contribution in [0.4, 0.5) is 0 Å². The van der Waals surface area contributed by atoms with Crippen molar-refractivity contribution in [3.8, 4) is 0 Å². The molecule has 1 aliphatic rings. The van der Waals surface area contributed by atoms with Gasteiger partial charge in [0.1, 0.15) is 0 Å². The average molecular weight is 237 g/mol. The number of hydrogen-bond acceptors (Lipinski definition) is 3. The minimum atomic E-state index is -0.254. The molecule has 1 aliphatic heterocycles. The molecule has 0 saturated carbocycles. The lowest BCUT2D eigenvalue weighted by Crippen LogP contribution is -2.26. The first kappa shape index (κ1) is 12.0. The van der Waals surface area contributed by atoms with E-state index in [1.807, 2.05) is 17.8 Å². The molecule has 1 heterocycles. The van der Waals surface area contributed by atoms with Crippen LogP contribution in [-0.2, 0) is 6.54 Å². The van der Waals surface area contributed by atoms with Gasteiger partial charge in [-0.1, -0.05) is 24.3 Å². The maximum absolute atomic E-state index is 10.2. The van der Waals surface area contributed by atoms with E-state index in [0.29, 0.717) is 0 Å². The molecule has 0 aromatic heterocycles. The van der Waals surface area contributed by atoms with Gasteiger partial charge in [-0.05, 0) is 36.0 Å². The fraction of sp³-hybridized carbons (Fsp3) is 0.538. The van der Waals surface area contributed by atoms with Crippen LogP contribution in [0.15, 0.2) is 24.3 Å². The normalized spacial score (nSPS) is 20.8. The highest BCUT2D eigenvalue weighted by Crippen LogP contribution is 2.29. The van der Waals surface area contributed by atoms with Crippen molar-refractivity contribution in [3.63, 3.8) is 0 Å². The molecule has 88 valence electrons. The summed E-state index contributed by atoms with van der Waals surface area (Å²) in [6, 6.07) is 8.50. The van der Waals surface area contributed by atoms with E-state index in [4.69, 9.17) is 0 Å². The second-order valence-electron chi connectivity index (χ2n) is 4.26. The lowest BCUT2D eigenvalue weighted by Gasteiger charge is -2.19. The molecule has 0 spiro atoms. The fourth-order valence-electron chi connectivity index (χ4n) is 2.28. The summed E-state index contributed by atoms with van der Waals surface area (Å²) in [6.07, 6.45) is 3.82. The maximum atomic E-state index is 10.2. The van der Waals surface area contributed by atoms with Crippen molar-refractivity contribution in [2.45, 2.75) is 31.5 Å². The number of aliphatic hydroxyl groups is 1. The lowest BCUT2D eigenvalue weighted by molar-refractivity contribution is 0.122. The first-order valence-electron chi connectivity index (χ1n) is 5.81. The van der Waals surface area contributed by atoms with Gasteiger partial charge in [0.05, 0.1) is 12.1 Å². The van der Waals surface area contributed by atoms with Gasteiger partial charge in [-0.25, -0.2) is 0 Å². The van der Waals surface area contributed by atoms with Crippen LogP contribution in [0.25, 0.3) is 0 Å². The number of fused-ring (bicyclic) bond motifs is 1. The van der Waals surface area contributed by atoms with Crippen LogP contribution in [0, 0.1) is 0 Å². The monoisotopic (exact) mass is 237 g/mol. The van der Waals surface area contributed by atoms with Gasteiger partial charge in [0.2, 0.25) is 0 Å². The molecule has 1 aromatic rings. The SMILES string of the molecule is CSCCCC(O)C1NCc2ccccc21. The van der Waals surface area contributed by atoms with Crippen molar-refractivity contribution in [3.05, 3.63) is 35.4 Å². The highest BCUT2D eigenvalue weighted by atomic mass is 32.2. The summed E-state index contributed by atoms with van der Waals surface area (Å²) in [7, 11) is 0. The molecule has 2 N–H and O–H groups in total. The van der Waals surface area contributed by atoms with Crippen molar-refractivity contribution in [2.24, 2.45) is 0 Å². The third-order valence-electron chi connectivity index (χ3n) is 3.14. The maximum Gasteiger partial charge on any atom is 0.0735 e. The van der Waals surface area contributed by atoms with Gasteiger partial charge in [-0.15, -0.1) is 0 Å². The van der Waals surface area contributed by atoms with Crippen LogP contribution in [0.2, 0.25) is 0 Å². The summed E-state index contributed by atoms with van der Waals surface area (Å²) in [5.74, 6) is 1.13. The largest absolute Gasteiger partial charge is 0.391 e. The highest BCUT2D eigenvalue weighted by Gasteiger charge is 2.27. The molecule has 0 saturated heterocycles. The van der Waals surface area contributed by atoms with Crippen LogP contribution in [-0.4, -0.2) is 23.2 Å². The van der Waals surface area contributed by atoms with Crippen LogP contribution in [0.1, 0.15) is 30.0 Å². The topological polar surface area (TPSA) is 32.3 Å². The number of rotatable bonds is 5. The molecule has 0 radical (unpaired) electrons. The molecule has 2 nitrogen and oxygen atoms in total. The molecule has 2 unspecified atom stereocenters. The smallest absolute Gasteiger partial charge is 0.0735 e. The zero-order chi connectivity index (χ0) is 11.4. The molecule has 0 aliphatic carbocycles. The Hall–Kier alpha value is -0.510. The molecule has 2 rings (SSSR count). The van der Waals surface area contributed by atoms with E-state index in [0.717, 1.165) is 25.1 Å². The molecule has 3 heteroatoms. The van der Waals surface area contributed by atoms with Crippen LogP contribution < -0.4 is 5.32 Å². The van der Waals surface area contributed by atoms with Gasteiger partial charge in [-0.3, -0.25) is 0 Å². The molecular weight excluding hydrogens is 218 g/mol. The lowest BCUT2D eigenvalue weighted by atomic mass is 9.98. The predicted octanol–water partition coefficient (Wildman–Crippen LogP) is 2.33. The van der Waals surface area contributed by atoms with Crippen LogP contribution in [0.3, 0.4) is 0 Å². The number of benzene rings is 1. The summed E-state index contributed by atoms with van der Waals surface area (Å²) in [5, 5.41) is 13.5. The van der Waals surface area contributed by atoms with E-state index in [9.17, 15) is 5.11 Å². The Morgan fingerprint density at radius 3 is 3.12 bits per heavy atom. The summed E-state index contributed by atoms with van der Waals surface area (Å²) >= 11 is 1.84. The average Bonchev–Trinajstić information content (AvgIpc) is 2.73. The molecule has 0 bridgehead atoms. The molecular formula is C13H19NOS. The van der Waals surface area contributed by atoms with E-state index < -0.39 is 0 Å². The van der Waals surface area contributed by atoms with E-state index in [1.54, 1.807) is 0 Å². The second-order valence-corrected chi connectivity index (χ2v) is 5.25. The molecule has 0 amide bonds. The van der Waals surface area contributed by atoms with Crippen molar-refractivity contribution in [1.82, 2.24) is 5.32 Å². The van der Waals surface area contributed by atoms with Gasteiger partial charge in [-0.2, -0.15) is 11.8 Å². The number of hydrogen-bond donors (Lipinski definition) is 2. The van der Waals surface area contributed by atoms with E-state index in [1.165, 1.54) is 11.1 Å². The van der Waals surface area contributed by atoms with Crippen molar-refractivity contribution in [1.29, 1.82) is 0 Å². The molecule has 16 heavy (non-hydrogen) atoms. The molecule has 1 aromatic carbocycles. The Morgan fingerprint density at radius 2 is 2.31 bits per heavy atom. The Kier molecular flexibility index (Phi) is 4.27. The summed E-state index contributed by atoms with van der Waals surface area (Å²) in [5.41, 5.74) is 2.61. The van der Waals surface area contributed by atoms with Crippen molar-refractivity contribution < 1.29 is 5.11 Å². The van der Waals surface area contributed by atoms with Crippen LogP contribution in [0.5, 0.6) is 0 Å². The summed E-state index contributed by atoms with van der Waals surface area (Å²) in [6.45, 7) is 0.889. The first-order chi connectivity index (χ1) is 7.83. The van der Waals surface area contributed by atoms with E-state index >= 15 is 0 Å². The minimum absolute atomic E-state index is 0.137. The highest BCUT2D eigenvalue weighted by molar-refractivity contribution is 7.98. The predicted molar refractivity (Wildman–Crippen MR) is 69.6 cm³/mol. The number of nitrogens with one attached hydrogen (secondary N) is 1. The number of aliphatic hydroxyl groups excluding tert-OH is 1. The Balaban J connectivity index is 1.96. The Bertz CT molecular complexity index is 342. The zero-order valence-electron chi connectivity index (χ0n) is 9.65. The van der Waals surface area contributed by atoms with Gasteiger partial charge in [0.25, 0.3) is 0 Å². The van der Waals surface area contributed by atoms with Gasteiger partial charge >= 0.3 is 0 Å². The second kappa shape index (κ2) is 5.71. The van der Waals surface area contributed by atoms with Gasteiger partial charge in [0.15, 0.2) is 0 Å². The third-order valence-corrected chi connectivity index (χ3v) is 3.83. The quantitative estimate of drug-likeness (QED) is 0.771.